The number of carbonyl (C=O) groups is 1. The molecular weight excluding hydrogens is 398 g/mol. The van der Waals surface area contributed by atoms with Crippen LogP contribution in [0.15, 0.2) is 48.5 Å². The SMILES string of the molecule is Cc1ccccc1[C@@H]1[C@@H]2CN(C(=O)c3ccc(OC(F)F)cc3)C[C@@H]2CN1C.Cl. The Morgan fingerprint density at radius 1 is 1.07 bits per heavy atom. The van der Waals surface area contributed by atoms with E-state index >= 15 is 0 Å². The Hall–Kier alpha value is -2.18. The molecule has 2 saturated heterocycles. The summed E-state index contributed by atoms with van der Waals surface area (Å²) in [7, 11) is 2.16. The fraction of sp³-hybridized carbons (Fsp3) is 0.409. The van der Waals surface area contributed by atoms with Gasteiger partial charge in [0.1, 0.15) is 5.75 Å². The molecule has 0 spiro atoms. The lowest BCUT2D eigenvalue weighted by atomic mass is 9.88. The average Bonchev–Trinajstić information content (AvgIpc) is 3.19. The zero-order valence-corrected chi connectivity index (χ0v) is 17.2. The van der Waals surface area contributed by atoms with E-state index in [1.54, 1.807) is 12.1 Å². The van der Waals surface area contributed by atoms with Crippen molar-refractivity contribution in [2.24, 2.45) is 11.8 Å². The van der Waals surface area contributed by atoms with E-state index in [9.17, 15) is 13.6 Å². The van der Waals surface area contributed by atoms with Crippen LogP contribution in [0.3, 0.4) is 0 Å². The van der Waals surface area contributed by atoms with Gasteiger partial charge in [-0.05, 0) is 55.3 Å². The van der Waals surface area contributed by atoms with E-state index in [0.29, 0.717) is 30.0 Å². The molecule has 2 aromatic rings. The van der Waals surface area contributed by atoms with Gasteiger partial charge >= 0.3 is 6.61 Å². The minimum Gasteiger partial charge on any atom is -0.435 e. The Bertz CT molecular complexity index is 862. The average molecular weight is 423 g/mol. The molecule has 4 nitrogen and oxygen atoms in total. The number of carbonyl (C=O) groups excluding carboxylic acids is 1. The predicted molar refractivity (Wildman–Crippen MR) is 110 cm³/mol. The van der Waals surface area contributed by atoms with E-state index in [2.05, 4.69) is 47.9 Å². The number of likely N-dealkylation sites (tertiary alicyclic amines) is 2. The van der Waals surface area contributed by atoms with Gasteiger partial charge in [-0.1, -0.05) is 24.3 Å². The molecule has 0 aliphatic carbocycles. The van der Waals surface area contributed by atoms with E-state index in [1.807, 2.05) is 4.90 Å². The quantitative estimate of drug-likeness (QED) is 0.732. The van der Waals surface area contributed by atoms with Crippen LogP contribution in [0.1, 0.15) is 27.5 Å². The summed E-state index contributed by atoms with van der Waals surface area (Å²) in [5.41, 5.74) is 3.11. The molecule has 0 radical (unpaired) electrons. The third kappa shape index (κ3) is 4.23. The molecule has 0 unspecified atom stereocenters. The van der Waals surface area contributed by atoms with Gasteiger partial charge in [-0.25, -0.2) is 0 Å². The standard InChI is InChI=1S/C22H24F2N2O2.ClH/c1-14-5-3-4-6-18(14)20-19-13-26(12-16(19)11-25(20)2)21(27)15-7-9-17(10-8-15)28-22(23)24;/h3-10,16,19-20,22H,11-13H2,1-2H3;1H/t16-,19+,20+;/m0./s1. The van der Waals surface area contributed by atoms with Crippen molar-refractivity contribution in [3.8, 4) is 5.75 Å². The number of fused-ring (bicyclic) bond motifs is 1. The Kier molecular flexibility index (Phi) is 6.44. The second-order valence-electron chi connectivity index (χ2n) is 7.78. The van der Waals surface area contributed by atoms with Crippen molar-refractivity contribution in [1.29, 1.82) is 0 Å². The van der Waals surface area contributed by atoms with Gasteiger partial charge in [0.15, 0.2) is 0 Å². The molecule has 4 rings (SSSR count). The van der Waals surface area contributed by atoms with Crippen LogP contribution in [-0.2, 0) is 0 Å². The lowest BCUT2D eigenvalue weighted by Gasteiger charge is -2.28. The highest BCUT2D eigenvalue weighted by molar-refractivity contribution is 5.94. The molecule has 7 heteroatoms. The first-order valence-electron chi connectivity index (χ1n) is 9.54. The highest BCUT2D eigenvalue weighted by atomic mass is 35.5. The van der Waals surface area contributed by atoms with Crippen molar-refractivity contribution in [3.05, 3.63) is 65.2 Å². The number of nitrogens with zero attached hydrogens (tertiary/aromatic N) is 2. The summed E-state index contributed by atoms with van der Waals surface area (Å²) in [5.74, 6) is 0.853. The van der Waals surface area contributed by atoms with Gasteiger partial charge in [-0.3, -0.25) is 9.69 Å². The van der Waals surface area contributed by atoms with Crippen molar-refractivity contribution >= 4 is 18.3 Å². The molecule has 2 aliphatic rings. The number of benzene rings is 2. The number of ether oxygens (including phenoxy) is 1. The Balaban J connectivity index is 0.00000240. The molecule has 2 aliphatic heterocycles. The largest absolute Gasteiger partial charge is 0.435 e. The van der Waals surface area contributed by atoms with Crippen LogP contribution in [0, 0.1) is 18.8 Å². The van der Waals surface area contributed by atoms with Gasteiger partial charge in [0.05, 0.1) is 0 Å². The number of aryl methyl sites for hydroxylation is 1. The minimum atomic E-state index is -2.87. The van der Waals surface area contributed by atoms with Gasteiger partial charge in [0.2, 0.25) is 0 Å². The van der Waals surface area contributed by atoms with E-state index in [-0.39, 0.29) is 24.1 Å². The first-order chi connectivity index (χ1) is 13.4. The van der Waals surface area contributed by atoms with Gasteiger partial charge in [0, 0.05) is 37.2 Å². The van der Waals surface area contributed by atoms with E-state index < -0.39 is 6.61 Å². The van der Waals surface area contributed by atoms with Crippen LogP contribution in [0.2, 0.25) is 0 Å². The maximum Gasteiger partial charge on any atom is 0.387 e. The number of halogens is 3. The van der Waals surface area contributed by atoms with Gasteiger partial charge < -0.3 is 9.64 Å². The molecule has 0 N–H and O–H groups in total. The number of alkyl halides is 2. The molecular formula is C22H25ClF2N2O2. The molecule has 0 saturated carbocycles. The fourth-order valence-electron chi connectivity index (χ4n) is 4.77. The second-order valence-corrected chi connectivity index (χ2v) is 7.78. The van der Waals surface area contributed by atoms with E-state index in [4.69, 9.17) is 0 Å². The number of rotatable bonds is 4. The van der Waals surface area contributed by atoms with Crippen LogP contribution < -0.4 is 4.74 Å². The van der Waals surface area contributed by atoms with Gasteiger partial charge in [0.25, 0.3) is 5.91 Å². The molecule has 156 valence electrons. The van der Waals surface area contributed by atoms with E-state index in [1.165, 1.54) is 23.3 Å². The molecule has 0 bridgehead atoms. The number of hydrogen-bond acceptors (Lipinski definition) is 3. The summed E-state index contributed by atoms with van der Waals surface area (Å²) < 4.78 is 28.9. The van der Waals surface area contributed by atoms with Crippen molar-refractivity contribution in [3.63, 3.8) is 0 Å². The summed E-state index contributed by atoms with van der Waals surface area (Å²) in [4.78, 5) is 17.2. The van der Waals surface area contributed by atoms with Crippen LogP contribution in [-0.4, -0.2) is 49.0 Å². The van der Waals surface area contributed by atoms with Crippen molar-refractivity contribution in [2.75, 3.05) is 26.7 Å². The van der Waals surface area contributed by atoms with Crippen LogP contribution >= 0.6 is 12.4 Å². The second kappa shape index (κ2) is 8.67. The number of amides is 1. The lowest BCUT2D eigenvalue weighted by molar-refractivity contribution is -0.0498. The molecule has 2 heterocycles. The van der Waals surface area contributed by atoms with Crippen molar-refractivity contribution in [1.82, 2.24) is 9.80 Å². The molecule has 2 aromatic carbocycles. The van der Waals surface area contributed by atoms with Crippen LogP contribution in [0.4, 0.5) is 8.78 Å². The van der Waals surface area contributed by atoms with Crippen LogP contribution in [0.25, 0.3) is 0 Å². The fourth-order valence-corrected chi connectivity index (χ4v) is 4.77. The highest BCUT2D eigenvalue weighted by Crippen LogP contribution is 2.45. The summed E-state index contributed by atoms with van der Waals surface area (Å²) in [6, 6.07) is 14.7. The number of hydrogen-bond donors (Lipinski definition) is 0. The third-order valence-electron chi connectivity index (χ3n) is 6.02. The summed E-state index contributed by atoms with van der Waals surface area (Å²) in [6.07, 6.45) is 0. The Morgan fingerprint density at radius 3 is 2.41 bits per heavy atom. The summed E-state index contributed by atoms with van der Waals surface area (Å²) in [5, 5.41) is 0. The van der Waals surface area contributed by atoms with Gasteiger partial charge in [-0.15, -0.1) is 12.4 Å². The van der Waals surface area contributed by atoms with Crippen molar-refractivity contribution in [2.45, 2.75) is 19.6 Å². The summed E-state index contributed by atoms with van der Waals surface area (Å²) in [6.45, 7) is 1.68. The van der Waals surface area contributed by atoms with Crippen LogP contribution in [0.5, 0.6) is 5.75 Å². The topological polar surface area (TPSA) is 32.8 Å². The monoisotopic (exact) mass is 422 g/mol. The minimum absolute atomic E-state index is 0. The smallest absolute Gasteiger partial charge is 0.387 e. The summed E-state index contributed by atoms with van der Waals surface area (Å²) >= 11 is 0. The lowest BCUT2D eigenvalue weighted by Crippen LogP contribution is -2.33. The first-order valence-corrected chi connectivity index (χ1v) is 9.54. The molecule has 3 atom stereocenters. The Morgan fingerprint density at radius 2 is 1.76 bits per heavy atom. The zero-order valence-electron chi connectivity index (χ0n) is 16.4. The molecule has 29 heavy (non-hydrogen) atoms. The first kappa shape index (κ1) is 21.5. The normalized spacial score (nSPS) is 23.8. The zero-order chi connectivity index (χ0) is 19.8. The molecule has 0 aromatic heterocycles. The third-order valence-corrected chi connectivity index (χ3v) is 6.02. The predicted octanol–water partition coefficient (Wildman–Crippen LogP) is 4.39. The Labute approximate surface area is 175 Å². The molecule has 1 amide bonds. The maximum atomic E-state index is 12.9. The van der Waals surface area contributed by atoms with Gasteiger partial charge in [-0.2, -0.15) is 8.78 Å². The maximum absolute atomic E-state index is 12.9. The van der Waals surface area contributed by atoms with E-state index in [0.717, 1.165) is 13.1 Å². The molecule has 2 fully saturated rings. The highest BCUT2D eigenvalue weighted by Gasteiger charge is 2.47. The van der Waals surface area contributed by atoms with Crippen molar-refractivity contribution < 1.29 is 18.3 Å².